The minimum absolute atomic E-state index is 0.0698. The van der Waals surface area contributed by atoms with Crippen LogP contribution < -0.4 is 0 Å². The van der Waals surface area contributed by atoms with Crippen molar-refractivity contribution >= 4 is 23.4 Å². The third-order valence-corrected chi connectivity index (χ3v) is 4.58. The normalized spacial score (nSPS) is 23.3. The van der Waals surface area contributed by atoms with Crippen LogP contribution >= 0.6 is 11.6 Å². The summed E-state index contributed by atoms with van der Waals surface area (Å²) in [6.07, 6.45) is -4.38. The summed E-state index contributed by atoms with van der Waals surface area (Å²) in [7, 11) is 0. The first-order chi connectivity index (χ1) is 10.7. The van der Waals surface area contributed by atoms with Crippen LogP contribution in [0.15, 0.2) is 24.3 Å². The molecule has 1 atom stereocenters. The molecule has 0 aromatic heterocycles. The number of carboxylic acid groups (broad SMARTS) is 1. The fraction of sp³-hybridized carbons (Fsp3) is 0.500. The molecule has 0 radical (unpaired) electrons. The first-order valence-electron chi connectivity index (χ1n) is 7.29. The average molecular weight is 349 g/mol. The Morgan fingerprint density at radius 3 is 2.04 bits per heavy atom. The molecule has 7 heteroatoms. The second-order valence-corrected chi connectivity index (χ2v) is 6.25. The summed E-state index contributed by atoms with van der Waals surface area (Å²) in [5.74, 6) is -5.23. The molecule has 0 amide bonds. The van der Waals surface area contributed by atoms with E-state index in [4.69, 9.17) is 11.6 Å². The lowest BCUT2D eigenvalue weighted by molar-refractivity contribution is -0.184. The number of carbonyl (C=O) groups excluding carboxylic acids is 1. The van der Waals surface area contributed by atoms with Crippen molar-refractivity contribution < 1.29 is 27.9 Å². The first kappa shape index (κ1) is 17.8. The van der Waals surface area contributed by atoms with E-state index in [2.05, 4.69) is 0 Å². The molecule has 1 saturated carbocycles. The molecule has 1 N–H and O–H groups in total. The molecule has 1 unspecified atom stereocenters. The molecule has 1 aliphatic carbocycles. The molecular weight excluding hydrogens is 333 g/mol. The quantitative estimate of drug-likeness (QED) is 0.818. The SMILES string of the molecule is O=C(O)C(C(=O)C1CCC(C(F)(F)F)CC1)c1ccc(Cl)cc1. The molecule has 2 rings (SSSR count). The summed E-state index contributed by atoms with van der Waals surface area (Å²) in [6.45, 7) is 0. The number of ketones is 1. The van der Waals surface area contributed by atoms with E-state index in [-0.39, 0.29) is 25.7 Å². The molecule has 23 heavy (non-hydrogen) atoms. The molecule has 1 aromatic rings. The van der Waals surface area contributed by atoms with Crippen LogP contribution in [0.5, 0.6) is 0 Å². The highest BCUT2D eigenvalue weighted by molar-refractivity contribution is 6.30. The molecule has 1 fully saturated rings. The number of carbonyl (C=O) groups is 2. The Kier molecular flexibility index (Phi) is 5.34. The minimum atomic E-state index is -4.25. The molecule has 1 aromatic carbocycles. The van der Waals surface area contributed by atoms with Crippen LogP contribution in [-0.4, -0.2) is 23.0 Å². The van der Waals surface area contributed by atoms with Crippen LogP contribution in [0, 0.1) is 11.8 Å². The maximum atomic E-state index is 12.7. The van der Waals surface area contributed by atoms with Gasteiger partial charge in [-0.3, -0.25) is 9.59 Å². The van der Waals surface area contributed by atoms with Gasteiger partial charge in [0.1, 0.15) is 5.92 Å². The summed E-state index contributed by atoms with van der Waals surface area (Å²) in [4.78, 5) is 23.9. The monoisotopic (exact) mass is 348 g/mol. The van der Waals surface area contributed by atoms with Crippen molar-refractivity contribution in [2.45, 2.75) is 37.8 Å². The maximum Gasteiger partial charge on any atom is 0.391 e. The van der Waals surface area contributed by atoms with Gasteiger partial charge in [-0.25, -0.2) is 0 Å². The van der Waals surface area contributed by atoms with E-state index in [1.54, 1.807) is 0 Å². The van der Waals surface area contributed by atoms with Gasteiger partial charge in [0.25, 0.3) is 0 Å². The molecule has 3 nitrogen and oxygen atoms in total. The van der Waals surface area contributed by atoms with Crippen molar-refractivity contribution in [1.29, 1.82) is 0 Å². The van der Waals surface area contributed by atoms with Crippen LogP contribution in [0.4, 0.5) is 13.2 Å². The van der Waals surface area contributed by atoms with Crippen molar-refractivity contribution in [3.8, 4) is 0 Å². The highest BCUT2D eigenvalue weighted by atomic mass is 35.5. The van der Waals surface area contributed by atoms with E-state index in [0.717, 1.165) is 0 Å². The number of rotatable bonds is 4. The third-order valence-electron chi connectivity index (χ3n) is 4.33. The molecule has 1 aliphatic rings. The summed E-state index contributed by atoms with van der Waals surface area (Å²) in [5.41, 5.74) is 0.296. The fourth-order valence-electron chi connectivity index (χ4n) is 3.02. The Labute approximate surface area is 136 Å². The number of aliphatic carboxylic acids is 1. The van der Waals surface area contributed by atoms with Crippen molar-refractivity contribution in [2.24, 2.45) is 11.8 Å². The van der Waals surface area contributed by atoms with E-state index in [0.29, 0.717) is 10.6 Å². The van der Waals surface area contributed by atoms with Gasteiger partial charge in [-0.05, 0) is 43.4 Å². The maximum absolute atomic E-state index is 12.7. The Morgan fingerprint density at radius 1 is 1.09 bits per heavy atom. The highest BCUT2D eigenvalue weighted by Gasteiger charge is 2.44. The zero-order valence-electron chi connectivity index (χ0n) is 12.1. The van der Waals surface area contributed by atoms with Gasteiger partial charge >= 0.3 is 12.1 Å². The number of hydrogen-bond acceptors (Lipinski definition) is 2. The van der Waals surface area contributed by atoms with E-state index in [9.17, 15) is 27.9 Å². The first-order valence-corrected chi connectivity index (χ1v) is 7.66. The summed E-state index contributed by atoms with van der Waals surface area (Å²) < 4.78 is 38.0. The lowest BCUT2D eigenvalue weighted by Gasteiger charge is -2.30. The van der Waals surface area contributed by atoms with Gasteiger partial charge in [-0.2, -0.15) is 13.2 Å². The molecule has 126 valence electrons. The summed E-state index contributed by atoms with van der Waals surface area (Å²) >= 11 is 5.74. The predicted molar refractivity (Wildman–Crippen MR) is 78.3 cm³/mol. The number of halogens is 4. The second kappa shape index (κ2) is 6.91. The lowest BCUT2D eigenvalue weighted by atomic mass is 9.75. The van der Waals surface area contributed by atoms with E-state index in [1.807, 2.05) is 0 Å². The Balaban J connectivity index is 2.11. The van der Waals surface area contributed by atoms with Gasteiger partial charge < -0.3 is 5.11 Å². The second-order valence-electron chi connectivity index (χ2n) is 5.82. The van der Waals surface area contributed by atoms with Crippen LogP contribution in [0.2, 0.25) is 5.02 Å². The van der Waals surface area contributed by atoms with Crippen molar-refractivity contribution in [3.63, 3.8) is 0 Å². The van der Waals surface area contributed by atoms with Crippen LogP contribution in [0.3, 0.4) is 0 Å². The minimum Gasteiger partial charge on any atom is -0.480 e. The molecule has 0 spiro atoms. The van der Waals surface area contributed by atoms with Crippen molar-refractivity contribution in [1.82, 2.24) is 0 Å². The molecule has 0 heterocycles. The number of carboxylic acids is 1. The number of Topliss-reactive ketones (excluding diaryl/α,β-unsaturated/α-hetero) is 1. The van der Waals surface area contributed by atoms with Gasteiger partial charge in [-0.1, -0.05) is 23.7 Å². The highest BCUT2D eigenvalue weighted by Crippen LogP contribution is 2.41. The fourth-order valence-corrected chi connectivity index (χ4v) is 3.15. The van der Waals surface area contributed by atoms with Crippen LogP contribution in [0.1, 0.15) is 37.2 Å². The van der Waals surface area contributed by atoms with Crippen LogP contribution in [-0.2, 0) is 9.59 Å². The number of alkyl halides is 3. The van der Waals surface area contributed by atoms with E-state index in [1.165, 1.54) is 24.3 Å². The Bertz CT molecular complexity index is 575. The zero-order chi connectivity index (χ0) is 17.2. The van der Waals surface area contributed by atoms with E-state index >= 15 is 0 Å². The van der Waals surface area contributed by atoms with Gasteiger partial charge in [0.15, 0.2) is 5.78 Å². The van der Waals surface area contributed by atoms with Gasteiger partial charge in [-0.15, -0.1) is 0 Å². The zero-order valence-corrected chi connectivity index (χ0v) is 12.9. The number of benzene rings is 1. The summed E-state index contributed by atoms with van der Waals surface area (Å²) in [6, 6.07) is 5.89. The topological polar surface area (TPSA) is 54.4 Å². The van der Waals surface area contributed by atoms with Crippen molar-refractivity contribution in [3.05, 3.63) is 34.9 Å². The van der Waals surface area contributed by atoms with E-state index < -0.39 is 35.7 Å². The molecule has 0 aliphatic heterocycles. The third kappa shape index (κ3) is 4.25. The smallest absolute Gasteiger partial charge is 0.391 e. The Morgan fingerprint density at radius 2 is 1.61 bits per heavy atom. The molecule has 0 saturated heterocycles. The van der Waals surface area contributed by atoms with Crippen LogP contribution in [0.25, 0.3) is 0 Å². The lowest BCUT2D eigenvalue weighted by Crippen LogP contribution is -2.34. The van der Waals surface area contributed by atoms with Gasteiger partial charge in [0.2, 0.25) is 0 Å². The van der Waals surface area contributed by atoms with Crippen molar-refractivity contribution in [2.75, 3.05) is 0 Å². The summed E-state index contributed by atoms with van der Waals surface area (Å²) in [5, 5.41) is 9.76. The largest absolute Gasteiger partial charge is 0.480 e. The van der Waals surface area contributed by atoms with Gasteiger partial charge in [0, 0.05) is 10.9 Å². The number of hydrogen-bond donors (Lipinski definition) is 1. The molecule has 0 bridgehead atoms. The molecular formula is C16H16ClF3O3. The van der Waals surface area contributed by atoms with Gasteiger partial charge in [0.05, 0.1) is 5.92 Å². The standard InChI is InChI=1S/C16H16ClF3O3/c17-12-7-3-9(4-8-12)13(15(22)23)14(21)10-1-5-11(6-2-10)16(18,19)20/h3-4,7-8,10-11,13H,1-2,5-6H2,(H,22,23). The average Bonchev–Trinajstić information content (AvgIpc) is 2.48. The Hall–Kier alpha value is -1.56. The predicted octanol–water partition coefficient (Wildman–Crippen LogP) is 4.45.